The predicted octanol–water partition coefficient (Wildman–Crippen LogP) is 13.8. The Morgan fingerprint density at radius 1 is 0.900 bits per heavy atom. The molecular formula is C50H56ClF8N7O2S2. The van der Waals surface area contributed by atoms with Crippen molar-refractivity contribution in [2.75, 3.05) is 16.8 Å². The molecule has 1 N–H and O–H groups in total. The van der Waals surface area contributed by atoms with Gasteiger partial charge in [-0.1, -0.05) is 76.6 Å². The van der Waals surface area contributed by atoms with Crippen molar-refractivity contribution < 1.29 is 44.7 Å². The topological polar surface area (TPSA) is 97.9 Å². The number of rotatable bonds is 12. The Balaban J connectivity index is 0.00000106. The molecule has 0 bridgehead atoms. The number of aryl methyl sites for hydroxylation is 2. The van der Waals surface area contributed by atoms with Gasteiger partial charge in [0.1, 0.15) is 36.1 Å². The molecule has 3 heterocycles. The zero-order valence-corrected chi connectivity index (χ0v) is 43.1. The van der Waals surface area contributed by atoms with Crippen LogP contribution in [0.4, 0.5) is 40.9 Å². The standard InChI is InChI=1S/C43H38ClF8N7O2S.C5H12S.C2H6/c1-22-8-6-7-9-27(22)40(61)59(62-5)39-34-31(44)13-12-29(36(34)58(56-39)21-43(50,51)52)28-11-10-23(2)53-35(28)32(18-24-16-25(45)19-26(46)17-24)54-33(60)20-57-38-30(14-15-41(38,3)47)37(55-57)42(4,48)49;1-5(2,3)6-4;1-2/h6-13,16-17,19,32H,14-15,18,20-21H2,1-5H3,(H,54,60);1-4H3;1-2H3. The molecule has 1 aliphatic rings. The molecule has 378 valence electrons. The number of nitrogens with zero attached hydrogens (tertiary/aromatic N) is 6. The number of aromatic nitrogens is 5. The second-order valence-electron chi connectivity index (χ2n) is 17.7. The highest BCUT2D eigenvalue weighted by atomic mass is 35.5. The summed E-state index contributed by atoms with van der Waals surface area (Å²) in [6, 6.07) is 14.0. The number of amides is 2. The van der Waals surface area contributed by atoms with Gasteiger partial charge < -0.3 is 5.32 Å². The van der Waals surface area contributed by atoms with Crippen molar-refractivity contribution in [2.24, 2.45) is 0 Å². The number of hydrogen-bond acceptors (Lipinski definition) is 7. The van der Waals surface area contributed by atoms with Crippen molar-refractivity contribution in [3.63, 3.8) is 0 Å². The molecule has 0 saturated carbocycles. The van der Waals surface area contributed by atoms with Gasteiger partial charge >= 0.3 is 6.18 Å². The number of hydrogen-bond donors (Lipinski definition) is 1. The Morgan fingerprint density at radius 2 is 1.51 bits per heavy atom. The van der Waals surface area contributed by atoms with Gasteiger partial charge in [0.2, 0.25) is 5.91 Å². The van der Waals surface area contributed by atoms with E-state index in [0.29, 0.717) is 33.7 Å². The van der Waals surface area contributed by atoms with Crippen molar-refractivity contribution in [3.8, 4) is 11.1 Å². The van der Waals surface area contributed by atoms with Crippen LogP contribution in [0.25, 0.3) is 22.0 Å². The molecule has 2 atom stereocenters. The number of thioether (sulfide) groups is 1. The van der Waals surface area contributed by atoms with Gasteiger partial charge in [-0.25, -0.2) is 17.5 Å². The summed E-state index contributed by atoms with van der Waals surface area (Å²) in [6.45, 7) is 13.4. The number of nitrogens with one attached hydrogen (secondary N) is 1. The van der Waals surface area contributed by atoms with Crippen LogP contribution >= 0.6 is 35.3 Å². The molecule has 20 heteroatoms. The lowest BCUT2D eigenvalue weighted by Gasteiger charge is -2.23. The molecule has 0 saturated heterocycles. The Kier molecular flexibility index (Phi) is 17.6. The number of pyridine rings is 1. The molecule has 3 aromatic heterocycles. The zero-order valence-electron chi connectivity index (χ0n) is 40.7. The lowest BCUT2D eigenvalue weighted by molar-refractivity contribution is -0.141. The Labute approximate surface area is 416 Å². The van der Waals surface area contributed by atoms with E-state index in [1.54, 1.807) is 50.4 Å². The van der Waals surface area contributed by atoms with Gasteiger partial charge in [0.05, 0.1) is 33.4 Å². The second-order valence-corrected chi connectivity index (χ2v) is 20.5. The van der Waals surface area contributed by atoms with Crippen LogP contribution in [0.2, 0.25) is 5.02 Å². The summed E-state index contributed by atoms with van der Waals surface area (Å²) in [5.41, 5.74) is -1.59. The molecule has 3 aromatic carbocycles. The van der Waals surface area contributed by atoms with E-state index in [-0.39, 0.29) is 80.2 Å². The first-order valence-corrected chi connectivity index (χ1v) is 25.1. The minimum Gasteiger partial charge on any atom is -0.346 e. The number of anilines is 1. The van der Waals surface area contributed by atoms with Gasteiger partial charge in [-0.15, -0.1) is 0 Å². The molecule has 9 nitrogen and oxygen atoms in total. The molecular weight excluding hydrogens is 982 g/mol. The van der Waals surface area contributed by atoms with E-state index in [9.17, 15) is 40.3 Å². The van der Waals surface area contributed by atoms with Crippen molar-refractivity contribution in [3.05, 3.63) is 128 Å². The molecule has 7 rings (SSSR count). The van der Waals surface area contributed by atoms with Gasteiger partial charge in [-0.3, -0.25) is 23.9 Å². The highest BCUT2D eigenvalue weighted by Gasteiger charge is 2.45. The van der Waals surface area contributed by atoms with Crippen LogP contribution in [0.1, 0.15) is 111 Å². The minimum atomic E-state index is -4.82. The monoisotopic (exact) mass is 1040 g/mol. The SMILES string of the molecule is CC.CSC(C)(C)C.CSN(C(=O)c1ccccc1C)c1nn(CC(F)(F)F)c2c(-c3ccc(C)nc3C(Cc3cc(F)cc(F)c3)NC(=O)Cn3nc(C(C)(F)F)c4c3C(C)(F)CC4)ccc(Cl)c12. The molecule has 2 unspecified atom stereocenters. The van der Waals surface area contributed by atoms with Crippen LogP contribution < -0.4 is 9.62 Å². The smallest absolute Gasteiger partial charge is 0.346 e. The summed E-state index contributed by atoms with van der Waals surface area (Å²) in [4.78, 5) is 32.8. The van der Waals surface area contributed by atoms with Crippen molar-refractivity contribution in [2.45, 2.75) is 123 Å². The lowest BCUT2D eigenvalue weighted by atomic mass is 9.93. The maximum atomic E-state index is 15.8. The van der Waals surface area contributed by atoms with Gasteiger partial charge in [-0.05, 0) is 99.7 Å². The quantitative estimate of drug-likeness (QED) is 0.0963. The minimum absolute atomic E-state index is 0.00745. The summed E-state index contributed by atoms with van der Waals surface area (Å²) < 4.78 is 121. The van der Waals surface area contributed by atoms with Crippen LogP contribution in [-0.2, 0) is 42.3 Å². The van der Waals surface area contributed by atoms with Gasteiger partial charge in [0.25, 0.3) is 11.8 Å². The highest BCUT2D eigenvalue weighted by Crippen LogP contribution is 2.46. The Bertz CT molecular complexity index is 2830. The van der Waals surface area contributed by atoms with Gasteiger partial charge in [-0.2, -0.15) is 43.9 Å². The third-order valence-corrected chi connectivity index (χ3v) is 13.4. The molecule has 0 spiro atoms. The van der Waals surface area contributed by atoms with Crippen molar-refractivity contribution in [1.82, 2.24) is 29.9 Å². The lowest BCUT2D eigenvalue weighted by Crippen LogP contribution is -2.35. The summed E-state index contributed by atoms with van der Waals surface area (Å²) in [7, 11) is 0. The molecule has 0 fully saturated rings. The van der Waals surface area contributed by atoms with E-state index in [2.05, 4.69) is 42.5 Å². The molecule has 6 aromatic rings. The van der Waals surface area contributed by atoms with Crippen LogP contribution in [0.3, 0.4) is 0 Å². The molecule has 0 aliphatic heterocycles. The van der Waals surface area contributed by atoms with E-state index in [0.717, 1.165) is 33.1 Å². The molecule has 0 radical (unpaired) electrons. The highest BCUT2D eigenvalue weighted by molar-refractivity contribution is 8.00. The fourth-order valence-electron chi connectivity index (χ4n) is 7.98. The first kappa shape index (κ1) is 55.8. The van der Waals surface area contributed by atoms with E-state index >= 15 is 4.39 Å². The van der Waals surface area contributed by atoms with Crippen LogP contribution in [0, 0.1) is 25.5 Å². The third kappa shape index (κ3) is 13.0. The average molecular weight is 1040 g/mol. The number of carbonyl (C=O) groups is 2. The fourth-order valence-corrected chi connectivity index (χ4v) is 8.79. The van der Waals surface area contributed by atoms with Crippen LogP contribution in [0.5, 0.6) is 0 Å². The number of halogens is 9. The third-order valence-electron chi connectivity index (χ3n) is 11.2. The van der Waals surface area contributed by atoms with E-state index in [4.69, 9.17) is 16.6 Å². The predicted molar refractivity (Wildman–Crippen MR) is 264 cm³/mol. The summed E-state index contributed by atoms with van der Waals surface area (Å²) in [5.74, 6) is -6.99. The zero-order chi connectivity index (χ0) is 52.3. The normalized spacial score (nSPS) is 15.1. The van der Waals surface area contributed by atoms with Crippen molar-refractivity contribution >= 4 is 63.8 Å². The number of alkyl halides is 6. The number of carbonyl (C=O) groups excluding carboxylic acids is 2. The van der Waals surface area contributed by atoms with Crippen LogP contribution in [-0.4, -0.2) is 59.8 Å². The first-order valence-electron chi connectivity index (χ1n) is 22.3. The van der Waals surface area contributed by atoms with Crippen LogP contribution in [0.15, 0.2) is 66.7 Å². The van der Waals surface area contributed by atoms with E-state index in [1.165, 1.54) is 25.1 Å². The van der Waals surface area contributed by atoms with E-state index < -0.39 is 66.0 Å². The average Bonchev–Trinajstić information content (AvgIpc) is 3.92. The maximum absolute atomic E-state index is 15.8. The number of benzene rings is 3. The Hall–Kier alpha value is -5.14. The largest absolute Gasteiger partial charge is 0.408 e. The first-order chi connectivity index (χ1) is 32.6. The number of fused-ring (bicyclic) bond motifs is 2. The summed E-state index contributed by atoms with van der Waals surface area (Å²) in [5, 5.41) is 11.0. The molecule has 2 amide bonds. The summed E-state index contributed by atoms with van der Waals surface area (Å²) in [6.07, 6.45) is -1.64. The van der Waals surface area contributed by atoms with Gasteiger partial charge in [0, 0.05) is 51.9 Å². The van der Waals surface area contributed by atoms with Crippen molar-refractivity contribution in [1.29, 1.82) is 0 Å². The summed E-state index contributed by atoms with van der Waals surface area (Å²) >= 11 is 9.56. The molecule has 1 aliphatic carbocycles. The van der Waals surface area contributed by atoms with Gasteiger partial charge in [0.15, 0.2) is 5.82 Å². The maximum Gasteiger partial charge on any atom is 0.408 e. The Morgan fingerprint density at radius 3 is 2.09 bits per heavy atom. The van der Waals surface area contributed by atoms with E-state index in [1.807, 2.05) is 25.6 Å². The second kappa shape index (κ2) is 22.1. The fraction of sp³-hybridized carbons (Fsp3) is 0.420. The molecule has 70 heavy (non-hydrogen) atoms.